The van der Waals surface area contributed by atoms with Crippen molar-refractivity contribution in [3.05, 3.63) is 260 Å². The van der Waals surface area contributed by atoms with Gasteiger partial charge in [0, 0.05) is 48.4 Å². The molecule has 2 aliphatic heterocycles. The van der Waals surface area contributed by atoms with Crippen molar-refractivity contribution in [1.82, 2.24) is 15.3 Å². The number of ether oxygens (including phenoxy) is 12. The predicted octanol–water partition coefficient (Wildman–Crippen LogP) is 9.29. The van der Waals surface area contributed by atoms with Crippen molar-refractivity contribution >= 4 is 52.8 Å². The molecule has 7 aromatic rings. The summed E-state index contributed by atoms with van der Waals surface area (Å²) < 4.78 is 79.3. The summed E-state index contributed by atoms with van der Waals surface area (Å²) in [6.45, 7) is 2.43. The number of nitrogens with zero attached hydrogens (tertiary/aromatic N) is 3. The quantitative estimate of drug-likeness (QED) is 0.0163. The molecule has 3 heterocycles. The lowest BCUT2D eigenvalue weighted by Gasteiger charge is -2.50. The molecular weight excluding hydrogens is 1420 g/mol. The largest absolute Gasteiger partial charge is 0.469 e. The summed E-state index contributed by atoms with van der Waals surface area (Å²) >= 11 is 0. The van der Waals surface area contributed by atoms with Gasteiger partial charge >= 0.3 is 35.5 Å². The molecule has 2 aliphatic carbocycles. The summed E-state index contributed by atoms with van der Waals surface area (Å²) in [6, 6.07) is 39.0. The Balaban J connectivity index is 1.09. The summed E-state index contributed by atoms with van der Waals surface area (Å²) in [6.07, 6.45) is -17.0. The second kappa shape index (κ2) is 37.0. The number of carbonyl (C=O) groups excluding carboxylic acids is 6. The SMILES string of the molecule is COC(=O)C1CC(NC(=O)c2cc(=O)[nH]c(=O)[nH]2)[C@@H](O[C@@H]2OC(C)[C@@H](C)[C@H](OCc3ccccc3)C2OCc2ccccc2)[C@H](O[C@@H]2O[C@@H](COC(=O)c3ccc([N+](=O)[O-])cc3)[C@H](OC(=O)c3ccc([N+](=O)[O-])cc3)C(O[C@@H](CC3CCCCC3)C(=O)OCc3ccccc3)C2OC(=O)c2ccc([N+](=O)[O-])cc2)C1. The van der Waals surface area contributed by atoms with Crippen LogP contribution in [0.25, 0.3) is 0 Å². The Labute approximate surface area is 622 Å². The molecule has 15 atom stereocenters. The highest BCUT2D eigenvalue weighted by atomic mass is 16.8. The highest BCUT2D eigenvalue weighted by Crippen LogP contribution is 2.41. The van der Waals surface area contributed by atoms with Gasteiger partial charge < -0.3 is 67.1 Å². The maximum absolute atomic E-state index is 15.3. The number of nitrogens with one attached hydrogen (secondary N) is 3. The van der Waals surface area contributed by atoms with E-state index >= 15 is 14.4 Å². The molecule has 11 rings (SSSR count). The third kappa shape index (κ3) is 20.7. The van der Waals surface area contributed by atoms with Crippen LogP contribution in [0, 0.1) is 48.1 Å². The first-order valence-electron chi connectivity index (χ1n) is 35.4. The molecule has 2 saturated carbocycles. The van der Waals surface area contributed by atoms with Crippen LogP contribution in [0.15, 0.2) is 179 Å². The number of esters is 5. The lowest BCUT2D eigenvalue weighted by molar-refractivity contribution is -0.385. The average Bonchev–Trinajstić information content (AvgIpc) is 0.764. The zero-order valence-corrected chi connectivity index (χ0v) is 59.3. The van der Waals surface area contributed by atoms with Crippen molar-refractivity contribution in [1.29, 1.82) is 0 Å². The van der Waals surface area contributed by atoms with Crippen molar-refractivity contribution in [2.75, 3.05) is 13.7 Å². The number of hydrogen-bond acceptors (Lipinski definition) is 26. The monoisotopic (exact) mass is 1500 g/mol. The van der Waals surface area contributed by atoms with Crippen molar-refractivity contribution in [2.45, 2.75) is 165 Å². The number of aromatic nitrogens is 2. The predicted molar refractivity (Wildman–Crippen MR) is 380 cm³/mol. The number of aromatic amines is 2. The third-order valence-electron chi connectivity index (χ3n) is 19.5. The van der Waals surface area contributed by atoms with E-state index < -0.39 is 183 Å². The number of carbonyl (C=O) groups is 6. The number of rotatable bonds is 30. The molecule has 6 unspecified atom stereocenters. The number of nitro benzene ring substituents is 3. The van der Waals surface area contributed by atoms with Gasteiger partial charge in [-0.1, -0.05) is 130 Å². The van der Waals surface area contributed by atoms with Crippen LogP contribution in [0.3, 0.4) is 0 Å². The van der Waals surface area contributed by atoms with E-state index in [-0.39, 0.29) is 61.0 Å². The van der Waals surface area contributed by atoms with Gasteiger partial charge in [0.2, 0.25) is 0 Å². The third-order valence-corrected chi connectivity index (χ3v) is 19.5. The smallest absolute Gasteiger partial charge is 0.338 e. The van der Waals surface area contributed by atoms with Gasteiger partial charge in [-0.05, 0) is 85.2 Å². The van der Waals surface area contributed by atoms with Crippen molar-refractivity contribution in [3.8, 4) is 0 Å². The lowest BCUT2D eigenvalue weighted by Crippen LogP contribution is -2.66. The average molecular weight is 1510 g/mol. The number of methoxy groups -OCH3 is 1. The van der Waals surface area contributed by atoms with Gasteiger partial charge in [-0.25, -0.2) is 24.0 Å². The maximum atomic E-state index is 15.3. The van der Waals surface area contributed by atoms with E-state index in [1.807, 2.05) is 72.6 Å². The fourth-order valence-electron chi connectivity index (χ4n) is 13.7. The van der Waals surface area contributed by atoms with E-state index in [9.17, 15) is 54.3 Å². The zero-order chi connectivity index (χ0) is 77.3. The Kier molecular flexibility index (Phi) is 26.8. The number of non-ortho nitro benzene ring substituents is 3. The van der Waals surface area contributed by atoms with Gasteiger partial charge in [0.15, 0.2) is 30.9 Å². The molecule has 109 heavy (non-hydrogen) atoms. The lowest BCUT2D eigenvalue weighted by atomic mass is 9.81. The summed E-state index contributed by atoms with van der Waals surface area (Å²) in [5.74, 6) is -8.51. The molecule has 32 nitrogen and oxygen atoms in total. The minimum atomic E-state index is -2.22. The molecule has 4 aliphatic rings. The number of nitro groups is 3. The van der Waals surface area contributed by atoms with Crippen molar-refractivity contribution < 1.29 is 100 Å². The summed E-state index contributed by atoms with van der Waals surface area (Å²) in [5.41, 5.74) is -2.61. The number of amides is 1. The Morgan fingerprint density at radius 3 is 1.58 bits per heavy atom. The van der Waals surface area contributed by atoms with Crippen molar-refractivity contribution in [3.63, 3.8) is 0 Å². The van der Waals surface area contributed by atoms with Gasteiger partial charge in [-0.2, -0.15) is 0 Å². The highest BCUT2D eigenvalue weighted by molar-refractivity contribution is 5.93. The minimum Gasteiger partial charge on any atom is -0.469 e. The molecule has 0 bridgehead atoms. The van der Waals surface area contributed by atoms with Gasteiger partial charge in [0.25, 0.3) is 28.5 Å². The summed E-state index contributed by atoms with van der Waals surface area (Å²) in [7, 11) is 1.10. The van der Waals surface area contributed by atoms with E-state index in [0.717, 1.165) is 116 Å². The van der Waals surface area contributed by atoms with Gasteiger partial charge in [-0.15, -0.1) is 0 Å². The van der Waals surface area contributed by atoms with Crippen LogP contribution in [0.4, 0.5) is 17.1 Å². The number of benzene rings is 6. The first-order valence-corrected chi connectivity index (χ1v) is 35.4. The molecular formula is C77H80N6O26. The summed E-state index contributed by atoms with van der Waals surface area (Å²) in [5, 5.41) is 38.6. The maximum Gasteiger partial charge on any atom is 0.338 e. The molecule has 574 valence electrons. The molecule has 4 fully saturated rings. The highest BCUT2D eigenvalue weighted by Gasteiger charge is 2.57. The van der Waals surface area contributed by atoms with Crippen LogP contribution in [0.5, 0.6) is 0 Å². The first-order chi connectivity index (χ1) is 52.5. The Morgan fingerprint density at radius 2 is 1.06 bits per heavy atom. The van der Waals surface area contributed by atoms with E-state index in [1.54, 1.807) is 37.3 Å². The Morgan fingerprint density at radius 1 is 0.550 bits per heavy atom. The van der Waals surface area contributed by atoms with Gasteiger partial charge in [0.1, 0.15) is 43.3 Å². The second-order valence-electron chi connectivity index (χ2n) is 26.9. The molecule has 0 spiro atoms. The van der Waals surface area contributed by atoms with Gasteiger partial charge in [-0.3, -0.25) is 49.7 Å². The van der Waals surface area contributed by atoms with E-state index in [0.29, 0.717) is 18.4 Å². The summed E-state index contributed by atoms with van der Waals surface area (Å²) in [4.78, 5) is 153. The first kappa shape index (κ1) is 78.8. The fraction of sp³-hybridized carbons (Fsp3) is 0.403. The molecule has 6 aromatic carbocycles. The van der Waals surface area contributed by atoms with Gasteiger partial charge in [0.05, 0.1) is 82.1 Å². The van der Waals surface area contributed by atoms with E-state index in [2.05, 4.69) is 10.3 Å². The van der Waals surface area contributed by atoms with Crippen LogP contribution in [-0.4, -0.2) is 154 Å². The zero-order valence-electron chi connectivity index (χ0n) is 59.3. The van der Waals surface area contributed by atoms with Crippen LogP contribution in [0.2, 0.25) is 0 Å². The van der Waals surface area contributed by atoms with Crippen LogP contribution >= 0.6 is 0 Å². The van der Waals surface area contributed by atoms with Crippen LogP contribution in [0.1, 0.15) is 123 Å². The Hall–Kier alpha value is -11.3. The molecule has 1 amide bonds. The molecule has 3 N–H and O–H groups in total. The molecule has 2 saturated heterocycles. The fourth-order valence-corrected chi connectivity index (χ4v) is 13.7. The van der Waals surface area contributed by atoms with Crippen LogP contribution < -0.4 is 16.6 Å². The van der Waals surface area contributed by atoms with E-state index in [4.69, 9.17) is 56.8 Å². The number of hydrogen-bond donors (Lipinski definition) is 3. The molecule has 32 heteroatoms. The molecule has 1 aromatic heterocycles. The van der Waals surface area contributed by atoms with E-state index in [1.165, 1.54) is 0 Å². The number of H-pyrrole nitrogens is 2. The standard InChI is InChI=1S/C77H80N6O26/c1-44-45(2)103-75(67(100-41-48-20-12-6-13-21-48)63(44)99-40-47-18-10-5-11-19-47)109-64-57(78-69(85)58-39-62(84)80-77(91)79-58)37-53(70(86)98-3)38-59(64)105-76-68(108-73(89)52-28-34-56(35-29-52)83(96)97)66(104-60(36-46-16-8-4-9-17-46)74(90)101-42-49-22-14-7-15-23-49)65(107-72(88)51-26-32-55(33-27-51)82(94)95)61(106-76)43-102-71(87)50-24-30-54(31-25-50)81(92)93/h5-7,10-15,18-35,39,44-46,53,57,59-61,63-68,75-76H,4,8-9,16-17,36-38,40-43H2,1-3H3,(H,78,85)(H2,79,80,84,91)/t44-,45?,53?,57?,59-,60+,61+,63+,64-,65+,66?,67?,68?,75+,76-/m1/s1. The Bertz CT molecular complexity index is 4400. The normalized spacial score (nSPS) is 24.4. The molecule has 0 radical (unpaired) electrons. The van der Waals surface area contributed by atoms with Crippen molar-refractivity contribution in [2.24, 2.45) is 17.8 Å². The van der Waals surface area contributed by atoms with Crippen LogP contribution in [-0.2, 0) is 86.3 Å². The second-order valence-corrected chi connectivity index (χ2v) is 26.9. The topological polar surface area (TPSA) is 420 Å². The minimum absolute atomic E-state index is 0.0428.